The van der Waals surface area contributed by atoms with Gasteiger partial charge in [-0.3, -0.25) is 9.59 Å². The molecule has 3 aromatic carbocycles. The van der Waals surface area contributed by atoms with Gasteiger partial charge in [0.25, 0.3) is 0 Å². The first-order valence-electron chi connectivity index (χ1n) is 8.14. The first-order valence-corrected chi connectivity index (χ1v) is 9.13. The average molecular weight is 386 g/mol. The quantitative estimate of drug-likeness (QED) is 0.631. The Hall–Kier alpha value is -2.93. The van der Waals surface area contributed by atoms with Crippen molar-refractivity contribution < 1.29 is 18.4 Å². The topological polar surface area (TPSA) is 58.2 Å². The number of rotatable bonds is 6. The van der Waals surface area contributed by atoms with Crippen molar-refractivity contribution in [3.8, 4) is 0 Å². The number of halogens is 2. The van der Waals surface area contributed by atoms with Crippen molar-refractivity contribution in [2.75, 3.05) is 17.6 Å². The van der Waals surface area contributed by atoms with Gasteiger partial charge in [-0.25, -0.2) is 8.78 Å². The maximum atomic E-state index is 13.1. The molecule has 0 aliphatic heterocycles. The fourth-order valence-electron chi connectivity index (χ4n) is 2.42. The van der Waals surface area contributed by atoms with Crippen LogP contribution in [0.25, 0.3) is 10.8 Å². The van der Waals surface area contributed by atoms with Crippen LogP contribution in [0.15, 0.2) is 65.6 Å². The van der Waals surface area contributed by atoms with Crippen molar-refractivity contribution in [2.24, 2.45) is 0 Å². The Bertz CT molecular complexity index is 995. The number of carbonyl (C=O) groups excluding carboxylic acids is 2. The largest absolute Gasteiger partial charge is 0.346 e. The second kappa shape index (κ2) is 8.64. The van der Waals surface area contributed by atoms with Crippen LogP contribution in [0, 0.1) is 11.6 Å². The zero-order valence-electron chi connectivity index (χ0n) is 14.2. The van der Waals surface area contributed by atoms with Gasteiger partial charge in [0.05, 0.1) is 12.3 Å². The molecule has 0 aliphatic rings. The first-order chi connectivity index (χ1) is 13.0. The molecule has 0 saturated carbocycles. The SMILES string of the molecule is O=C(CSc1ccc2ccccc2c1)NCC(=O)Nc1ccc(F)c(F)c1. The Kier molecular flexibility index (Phi) is 6.03. The van der Waals surface area contributed by atoms with E-state index in [1.165, 1.54) is 17.8 Å². The fraction of sp³-hybridized carbons (Fsp3) is 0.100. The molecule has 0 heterocycles. The van der Waals surface area contributed by atoms with Gasteiger partial charge in [-0.05, 0) is 35.0 Å². The molecule has 7 heteroatoms. The highest BCUT2D eigenvalue weighted by Crippen LogP contribution is 2.23. The molecule has 2 N–H and O–H groups in total. The van der Waals surface area contributed by atoms with Crippen molar-refractivity contribution in [1.82, 2.24) is 5.32 Å². The van der Waals surface area contributed by atoms with Gasteiger partial charge in [0.15, 0.2) is 11.6 Å². The van der Waals surface area contributed by atoms with E-state index >= 15 is 0 Å². The summed E-state index contributed by atoms with van der Waals surface area (Å²) in [5, 5.41) is 7.11. The Balaban J connectivity index is 1.45. The molecule has 138 valence electrons. The van der Waals surface area contributed by atoms with Crippen molar-refractivity contribution in [3.63, 3.8) is 0 Å². The van der Waals surface area contributed by atoms with Gasteiger partial charge in [-0.1, -0.05) is 30.3 Å². The van der Waals surface area contributed by atoms with Crippen LogP contribution < -0.4 is 10.6 Å². The van der Waals surface area contributed by atoms with Crippen molar-refractivity contribution in [2.45, 2.75) is 4.90 Å². The maximum absolute atomic E-state index is 13.1. The summed E-state index contributed by atoms with van der Waals surface area (Å²) in [5.74, 6) is -2.70. The van der Waals surface area contributed by atoms with E-state index in [1.807, 2.05) is 42.5 Å². The Labute approximate surface area is 159 Å². The Morgan fingerprint density at radius 2 is 1.63 bits per heavy atom. The summed E-state index contributed by atoms with van der Waals surface area (Å²) in [6.07, 6.45) is 0. The number of hydrogen-bond donors (Lipinski definition) is 2. The molecule has 0 bridgehead atoms. The van der Waals surface area contributed by atoms with Crippen LogP contribution in [0.5, 0.6) is 0 Å². The van der Waals surface area contributed by atoms with Crippen LogP contribution in [-0.2, 0) is 9.59 Å². The minimum Gasteiger partial charge on any atom is -0.346 e. The third-order valence-electron chi connectivity index (χ3n) is 3.74. The first kappa shape index (κ1) is 18.8. The fourth-order valence-corrected chi connectivity index (χ4v) is 3.19. The lowest BCUT2D eigenvalue weighted by molar-refractivity contribution is -0.122. The van der Waals surface area contributed by atoms with E-state index in [1.54, 1.807) is 0 Å². The standard InChI is InChI=1S/C20H16F2N2O2S/c21-17-8-6-15(10-18(17)22)24-19(25)11-23-20(26)12-27-16-7-5-13-3-1-2-4-14(13)9-16/h1-10H,11-12H2,(H,23,26)(H,24,25). The van der Waals surface area contributed by atoms with Gasteiger partial charge in [0, 0.05) is 16.6 Å². The summed E-state index contributed by atoms with van der Waals surface area (Å²) in [7, 11) is 0. The van der Waals surface area contributed by atoms with E-state index in [9.17, 15) is 18.4 Å². The molecule has 0 unspecified atom stereocenters. The zero-order chi connectivity index (χ0) is 19.2. The number of benzene rings is 3. The summed E-state index contributed by atoms with van der Waals surface area (Å²) < 4.78 is 26.0. The smallest absolute Gasteiger partial charge is 0.243 e. The van der Waals surface area contributed by atoms with Gasteiger partial charge < -0.3 is 10.6 Å². The van der Waals surface area contributed by atoms with E-state index in [4.69, 9.17) is 0 Å². The number of thioether (sulfide) groups is 1. The number of anilines is 1. The molecule has 3 rings (SSSR count). The maximum Gasteiger partial charge on any atom is 0.243 e. The predicted molar refractivity (Wildman–Crippen MR) is 103 cm³/mol. The monoisotopic (exact) mass is 386 g/mol. The second-order valence-electron chi connectivity index (χ2n) is 5.75. The molecule has 27 heavy (non-hydrogen) atoms. The van der Waals surface area contributed by atoms with Crippen LogP contribution in [0.4, 0.5) is 14.5 Å². The average Bonchev–Trinajstić information content (AvgIpc) is 2.67. The van der Waals surface area contributed by atoms with Gasteiger partial charge in [0.1, 0.15) is 0 Å². The third kappa shape index (κ3) is 5.27. The van der Waals surface area contributed by atoms with Crippen molar-refractivity contribution in [1.29, 1.82) is 0 Å². The summed E-state index contributed by atoms with van der Waals surface area (Å²) in [6, 6.07) is 16.9. The minimum absolute atomic E-state index is 0.124. The summed E-state index contributed by atoms with van der Waals surface area (Å²) in [5.41, 5.74) is 0.124. The Morgan fingerprint density at radius 1 is 0.852 bits per heavy atom. The highest BCUT2D eigenvalue weighted by atomic mass is 32.2. The van der Waals surface area contributed by atoms with E-state index in [-0.39, 0.29) is 23.9 Å². The molecule has 0 radical (unpaired) electrons. The van der Waals surface area contributed by atoms with Gasteiger partial charge in [-0.2, -0.15) is 0 Å². The molecule has 0 aromatic heterocycles. The predicted octanol–water partition coefficient (Wildman–Crippen LogP) is 3.97. The number of fused-ring (bicyclic) bond motifs is 1. The number of carbonyl (C=O) groups is 2. The lowest BCUT2D eigenvalue weighted by atomic mass is 10.1. The molecule has 0 saturated heterocycles. The summed E-state index contributed by atoms with van der Waals surface area (Å²) >= 11 is 1.37. The summed E-state index contributed by atoms with van der Waals surface area (Å²) in [6.45, 7) is -0.254. The highest BCUT2D eigenvalue weighted by Gasteiger charge is 2.09. The molecule has 0 aliphatic carbocycles. The number of amides is 2. The summed E-state index contributed by atoms with van der Waals surface area (Å²) in [4.78, 5) is 24.7. The molecule has 0 fully saturated rings. The molecule has 2 amide bonds. The lowest BCUT2D eigenvalue weighted by Gasteiger charge is -2.08. The van der Waals surface area contributed by atoms with E-state index in [0.29, 0.717) is 0 Å². The van der Waals surface area contributed by atoms with E-state index < -0.39 is 17.5 Å². The molecule has 0 atom stereocenters. The normalized spacial score (nSPS) is 10.6. The number of hydrogen-bond acceptors (Lipinski definition) is 3. The minimum atomic E-state index is -1.05. The second-order valence-corrected chi connectivity index (χ2v) is 6.80. The Morgan fingerprint density at radius 3 is 2.41 bits per heavy atom. The zero-order valence-corrected chi connectivity index (χ0v) is 15.0. The molecular formula is C20H16F2N2O2S. The van der Waals surface area contributed by atoms with Crippen LogP contribution in [0.3, 0.4) is 0 Å². The van der Waals surface area contributed by atoms with Crippen LogP contribution in [0.1, 0.15) is 0 Å². The number of nitrogens with one attached hydrogen (secondary N) is 2. The van der Waals surface area contributed by atoms with Gasteiger partial charge in [0.2, 0.25) is 11.8 Å². The van der Waals surface area contributed by atoms with Gasteiger partial charge in [-0.15, -0.1) is 11.8 Å². The lowest BCUT2D eigenvalue weighted by Crippen LogP contribution is -2.33. The van der Waals surface area contributed by atoms with E-state index in [2.05, 4.69) is 10.6 Å². The van der Waals surface area contributed by atoms with Gasteiger partial charge >= 0.3 is 0 Å². The third-order valence-corrected chi connectivity index (χ3v) is 4.73. The molecule has 0 spiro atoms. The van der Waals surface area contributed by atoms with Crippen LogP contribution in [-0.4, -0.2) is 24.1 Å². The van der Waals surface area contributed by atoms with Crippen molar-refractivity contribution >= 4 is 40.0 Å². The molecular weight excluding hydrogens is 370 g/mol. The van der Waals surface area contributed by atoms with Crippen LogP contribution >= 0.6 is 11.8 Å². The van der Waals surface area contributed by atoms with E-state index in [0.717, 1.165) is 27.8 Å². The highest BCUT2D eigenvalue weighted by molar-refractivity contribution is 8.00. The van der Waals surface area contributed by atoms with Crippen molar-refractivity contribution in [3.05, 3.63) is 72.3 Å². The molecule has 4 nitrogen and oxygen atoms in total. The van der Waals surface area contributed by atoms with Crippen LogP contribution in [0.2, 0.25) is 0 Å². The molecule has 3 aromatic rings.